The van der Waals surface area contributed by atoms with Crippen molar-refractivity contribution in [3.05, 3.63) is 33.7 Å². The van der Waals surface area contributed by atoms with Gasteiger partial charge in [-0.05, 0) is 38.7 Å². The zero-order valence-electron chi connectivity index (χ0n) is 11.3. The standard InChI is InChI=1S/C14H20N2O3/c1-9-3-4-11(8-17)7-16(9)14(19)12-5-6-13(18)15-10(12)2/h5-6,9,11,17H,3-4,7-8H2,1-2H3,(H,15,18). The summed E-state index contributed by atoms with van der Waals surface area (Å²) in [4.78, 5) is 28.2. The van der Waals surface area contributed by atoms with Crippen molar-refractivity contribution in [1.82, 2.24) is 9.88 Å². The number of pyridine rings is 1. The Morgan fingerprint density at radius 2 is 2.21 bits per heavy atom. The summed E-state index contributed by atoms with van der Waals surface area (Å²) >= 11 is 0. The summed E-state index contributed by atoms with van der Waals surface area (Å²) < 4.78 is 0. The number of piperidine rings is 1. The minimum Gasteiger partial charge on any atom is -0.396 e. The fourth-order valence-electron chi connectivity index (χ4n) is 2.58. The molecule has 5 nitrogen and oxygen atoms in total. The van der Waals surface area contributed by atoms with Crippen molar-refractivity contribution in [2.24, 2.45) is 5.92 Å². The van der Waals surface area contributed by atoms with Gasteiger partial charge in [0.2, 0.25) is 5.56 Å². The third kappa shape index (κ3) is 2.87. The van der Waals surface area contributed by atoms with Gasteiger partial charge in [0.05, 0.1) is 5.56 Å². The average Bonchev–Trinajstić information content (AvgIpc) is 2.38. The monoisotopic (exact) mass is 264 g/mol. The molecule has 1 aliphatic rings. The lowest BCUT2D eigenvalue weighted by atomic mass is 9.93. The van der Waals surface area contributed by atoms with E-state index in [1.165, 1.54) is 6.07 Å². The maximum absolute atomic E-state index is 12.5. The van der Waals surface area contributed by atoms with Crippen molar-refractivity contribution in [3.8, 4) is 0 Å². The highest BCUT2D eigenvalue weighted by Crippen LogP contribution is 2.23. The molecule has 1 aromatic heterocycles. The Bertz CT molecular complexity index is 524. The van der Waals surface area contributed by atoms with Gasteiger partial charge in [0.25, 0.3) is 5.91 Å². The van der Waals surface area contributed by atoms with Crippen LogP contribution in [0.1, 0.15) is 35.8 Å². The maximum Gasteiger partial charge on any atom is 0.255 e. The fraction of sp³-hybridized carbons (Fsp3) is 0.571. The molecule has 0 spiro atoms. The number of carbonyl (C=O) groups is 1. The van der Waals surface area contributed by atoms with Crippen molar-refractivity contribution in [2.75, 3.05) is 13.2 Å². The number of aryl methyl sites for hydroxylation is 1. The van der Waals surface area contributed by atoms with Crippen LogP contribution >= 0.6 is 0 Å². The van der Waals surface area contributed by atoms with E-state index >= 15 is 0 Å². The lowest BCUT2D eigenvalue weighted by molar-refractivity contribution is 0.0487. The van der Waals surface area contributed by atoms with Gasteiger partial charge in [-0.15, -0.1) is 0 Å². The molecule has 1 aliphatic heterocycles. The summed E-state index contributed by atoms with van der Waals surface area (Å²) in [5.41, 5.74) is 0.926. The van der Waals surface area contributed by atoms with E-state index in [-0.39, 0.29) is 30.0 Å². The van der Waals surface area contributed by atoms with E-state index in [1.807, 2.05) is 6.92 Å². The number of nitrogens with zero attached hydrogens (tertiary/aromatic N) is 1. The van der Waals surface area contributed by atoms with Gasteiger partial charge >= 0.3 is 0 Å². The summed E-state index contributed by atoms with van der Waals surface area (Å²) in [6, 6.07) is 3.12. The molecule has 0 aromatic carbocycles. The molecule has 2 rings (SSSR count). The number of aliphatic hydroxyl groups is 1. The predicted molar refractivity (Wildman–Crippen MR) is 72.1 cm³/mol. The Hall–Kier alpha value is -1.62. The minimum absolute atomic E-state index is 0.0700. The molecule has 0 saturated carbocycles. The van der Waals surface area contributed by atoms with E-state index in [0.29, 0.717) is 17.8 Å². The zero-order chi connectivity index (χ0) is 14.0. The number of H-pyrrole nitrogens is 1. The van der Waals surface area contributed by atoms with Crippen LogP contribution in [-0.4, -0.2) is 40.1 Å². The molecule has 2 atom stereocenters. The van der Waals surface area contributed by atoms with Gasteiger partial charge in [-0.2, -0.15) is 0 Å². The molecule has 1 fully saturated rings. The van der Waals surface area contributed by atoms with E-state index in [1.54, 1.807) is 17.9 Å². The number of rotatable bonds is 2. The quantitative estimate of drug-likeness (QED) is 0.834. The molecule has 2 unspecified atom stereocenters. The van der Waals surface area contributed by atoms with Crippen molar-refractivity contribution < 1.29 is 9.90 Å². The third-order valence-corrected chi connectivity index (χ3v) is 3.85. The van der Waals surface area contributed by atoms with Gasteiger partial charge in [0, 0.05) is 31.0 Å². The van der Waals surface area contributed by atoms with E-state index in [0.717, 1.165) is 12.8 Å². The SMILES string of the molecule is Cc1[nH]c(=O)ccc1C(=O)N1CC(CO)CCC1C. The average molecular weight is 264 g/mol. The second-order valence-electron chi connectivity index (χ2n) is 5.29. The Balaban J connectivity index is 2.24. The van der Waals surface area contributed by atoms with Crippen LogP contribution in [0.3, 0.4) is 0 Å². The van der Waals surface area contributed by atoms with Crippen molar-refractivity contribution in [2.45, 2.75) is 32.7 Å². The molecule has 1 aromatic rings. The molecule has 2 heterocycles. The highest BCUT2D eigenvalue weighted by atomic mass is 16.3. The molecule has 19 heavy (non-hydrogen) atoms. The fourth-order valence-corrected chi connectivity index (χ4v) is 2.58. The van der Waals surface area contributed by atoms with Crippen LogP contribution in [0.5, 0.6) is 0 Å². The molecular weight excluding hydrogens is 244 g/mol. The van der Waals surface area contributed by atoms with Crippen LogP contribution in [0.25, 0.3) is 0 Å². The number of aromatic amines is 1. The Morgan fingerprint density at radius 1 is 1.47 bits per heavy atom. The van der Waals surface area contributed by atoms with E-state index < -0.39 is 0 Å². The highest BCUT2D eigenvalue weighted by molar-refractivity contribution is 5.95. The summed E-state index contributed by atoms with van der Waals surface area (Å²) in [5, 5.41) is 9.25. The summed E-state index contributed by atoms with van der Waals surface area (Å²) in [6.45, 7) is 4.44. The lowest BCUT2D eigenvalue weighted by Gasteiger charge is -2.37. The summed E-state index contributed by atoms with van der Waals surface area (Å²) in [7, 11) is 0. The van der Waals surface area contributed by atoms with Gasteiger partial charge in [-0.3, -0.25) is 9.59 Å². The number of hydrogen-bond acceptors (Lipinski definition) is 3. The summed E-state index contributed by atoms with van der Waals surface area (Å²) in [5.74, 6) is 0.0858. The first-order valence-corrected chi connectivity index (χ1v) is 6.64. The predicted octanol–water partition coefficient (Wildman–Crippen LogP) is 0.916. The van der Waals surface area contributed by atoms with Crippen LogP contribution in [0, 0.1) is 12.8 Å². The van der Waals surface area contributed by atoms with Gasteiger partial charge in [-0.1, -0.05) is 0 Å². The van der Waals surface area contributed by atoms with Gasteiger partial charge in [-0.25, -0.2) is 0 Å². The number of hydrogen-bond donors (Lipinski definition) is 2. The molecule has 5 heteroatoms. The van der Waals surface area contributed by atoms with Crippen LogP contribution in [0.4, 0.5) is 0 Å². The Kier molecular flexibility index (Phi) is 4.04. The second kappa shape index (κ2) is 5.57. The van der Waals surface area contributed by atoms with Gasteiger partial charge < -0.3 is 15.0 Å². The number of aliphatic hydroxyl groups excluding tert-OH is 1. The molecule has 0 radical (unpaired) electrons. The molecule has 2 N–H and O–H groups in total. The largest absolute Gasteiger partial charge is 0.396 e. The third-order valence-electron chi connectivity index (χ3n) is 3.85. The molecule has 104 valence electrons. The smallest absolute Gasteiger partial charge is 0.255 e. The topological polar surface area (TPSA) is 73.4 Å². The molecule has 1 amide bonds. The highest BCUT2D eigenvalue weighted by Gasteiger charge is 2.29. The van der Waals surface area contributed by atoms with Crippen molar-refractivity contribution in [3.63, 3.8) is 0 Å². The van der Waals surface area contributed by atoms with Gasteiger partial charge in [0.15, 0.2) is 0 Å². The van der Waals surface area contributed by atoms with Crippen LogP contribution in [0.2, 0.25) is 0 Å². The van der Waals surface area contributed by atoms with Crippen molar-refractivity contribution in [1.29, 1.82) is 0 Å². The summed E-state index contributed by atoms with van der Waals surface area (Å²) in [6.07, 6.45) is 1.85. The van der Waals surface area contributed by atoms with Crippen LogP contribution in [0.15, 0.2) is 16.9 Å². The van der Waals surface area contributed by atoms with E-state index in [4.69, 9.17) is 0 Å². The van der Waals surface area contributed by atoms with Crippen molar-refractivity contribution >= 4 is 5.91 Å². The first-order valence-electron chi connectivity index (χ1n) is 6.64. The number of likely N-dealkylation sites (tertiary alicyclic amines) is 1. The minimum atomic E-state index is -0.200. The molecule has 0 aliphatic carbocycles. The number of carbonyl (C=O) groups excluding carboxylic acids is 1. The molecular formula is C14H20N2O3. The number of amides is 1. The maximum atomic E-state index is 12.5. The van der Waals surface area contributed by atoms with Crippen LogP contribution in [-0.2, 0) is 0 Å². The first-order chi connectivity index (χ1) is 9.02. The molecule has 0 bridgehead atoms. The van der Waals surface area contributed by atoms with Gasteiger partial charge in [0.1, 0.15) is 0 Å². The van der Waals surface area contributed by atoms with E-state index in [2.05, 4.69) is 4.98 Å². The normalized spacial score (nSPS) is 23.4. The van der Waals surface area contributed by atoms with Crippen LogP contribution < -0.4 is 5.56 Å². The Morgan fingerprint density at radius 3 is 2.84 bits per heavy atom. The first kappa shape index (κ1) is 13.8. The lowest BCUT2D eigenvalue weighted by Crippen LogP contribution is -2.46. The zero-order valence-corrected chi connectivity index (χ0v) is 11.3. The molecule has 1 saturated heterocycles. The number of aromatic nitrogens is 1. The Labute approximate surface area is 112 Å². The van der Waals surface area contributed by atoms with E-state index in [9.17, 15) is 14.7 Å². The second-order valence-corrected chi connectivity index (χ2v) is 5.29. The number of nitrogens with one attached hydrogen (secondary N) is 1.